The highest BCUT2D eigenvalue weighted by Gasteiger charge is 2.25. The van der Waals surface area contributed by atoms with Crippen LogP contribution in [0.15, 0.2) is 18.2 Å². The van der Waals surface area contributed by atoms with E-state index in [2.05, 4.69) is 0 Å². The van der Waals surface area contributed by atoms with Gasteiger partial charge in [-0.1, -0.05) is 0 Å². The lowest BCUT2D eigenvalue weighted by molar-refractivity contribution is 0.0790. The van der Waals surface area contributed by atoms with Crippen molar-refractivity contribution >= 4 is 5.91 Å². The summed E-state index contributed by atoms with van der Waals surface area (Å²) in [6.07, 6.45) is 0.916. The average molecular weight is 278 g/mol. The fraction of sp³-hybridized carbons (Fsp3) is 0.533. The zero-order chi connectivity index (χ0) is 14.7. The summed E-state index contributed by atoms with van der Waals surface area (Å²) in [5.41, 5.74) is 6.44. The van der Waals surface area contributed by atoms with Crippen molar-refractivity contribution in [1.82, 2.24) is 4.90 Å². The molecule has 0 radical (unpaired) electrons. The van der Waals surface area contributed by atoms with Crippen molar-refractivity contribution in [3.05, 3.63) is 23.8 Å². The van der Waals surface area contributed by atoms with Crippen LogP contribution >= 0.6 is 0 Å². The first-order valence-corrected chi connectivity index (χ1v) is 6.90. The van der Waals surface area contributed by atoms with Gasteiger partial charge in [-0.3, -0.25) is 4.79 Å². The number of nitrogens with zero attached hydrogens (tertiary/aromatic N) is 1. The number of methoxy groups -OCH3 is 1. The Morgan fingerprint density at radius 2 is 2.15 bits per heavy atom. The Hall–Kier alpha value is -1.75. The van der Waals surface area contributed by atoms with Crippen molar-refractivity contribution in [3.8, 4) is 11.5 Å². The minimum absolute atomic E-state index is 0.00709. The van der Waals surface area contributed by atoms with E-state index < -0.39 is 0 Å². The van der Waals surface area contributed by atoms with Gasteiger partial charge in [0.1, 0.15) is 0 Å². The average Bonchev–Trinajstić information content (AvgIpc) is 2.84. The molecular formula is C15H22N2O3. The Balaban J connectivity index is 2.18. The van der Waals surface area contributed by atoms with Gasteiger partial charge in [0.2, 0.25) is 0 Å². The molecule has 2 N–H and O–H groups in total. The monoisotopic (exact) mass is 278 g/mol. The molecule has 20 heavy (non-hydrogen) atoms. The molecule has 1 aliphatic heterocycles. The maximum Gasteiger partial charge on any atom is 0.254 e. The fourth-order valence-corrected chi connectivity index (χ4v) is 2.31. The molecule has 1 saturated heterocycles. The number of carbonyl (C=O) groups is 1. The van der Waals surface area contributed by atoms with E-state index in [9.17, 15) is 4.79 Å². The summed E-state index contributed by atoms with van der Waals surface area (Å²) in [6, 6.07) is 5.36. The molecule has 1 fully saturated rings. The first-order valence-electron chi connectivity index (χ1n) is 6.90. The van der Waals surface area contributed by atoms with E-state index in [4.69, 9.17) is 15.2 Å². The van der Waals surface area contributed by atoms with Gasteiger partial charge in [0.05, 0.1) is 13.2 Å². The third kappa shape index (κ3) is 3.22. The Morgan fingerprint density at radius 3 is 2.70 bits per heavy atom. The lowest BCUT2D eigenvalue weighted by Gasteiger charge is -2.18. The predicted molar refractivity (Wildman–Crippen MR) is 77.3 cm³/mol. The zero-order valence-corrected chi connectivity index (χ0v) is 12.3. The molecule has 1 heterocycles. The van der Waals surface area contributed by atoms with Gasteiger partial charge in [-0.05, 0) is 38.5 Å². The second kappa shape index (κ2) is 6.13. The Bertz CT molecular complexity index is 488. The lowest BCUT2D eigenvalue weighted by Crippen LogP contribution is -2.31. The van der Waals surface area contributed by atoms with Crippen molar-refractivity contribution < 1.29 is 14.3 Å². The van der Waals surface area contributed by atoms with Crippen molar-refractivity contribution in [2.45, 2.75) is 32.4 Å². The highest BCUT2D eigenvalue weighted by molar-refractivity contribution is 5.95. The Kier molecular flexibility index (Phi) is 4.49. The first-order chi connectivity index (χ1) is 9.51. The number of carbonyl (C=O) groups excluding carboxylic acids is 1. The van der Waals surface area contributed by atoms with Crippen LogP contribution in [-0.4, -0.2) is 43.2 Å². The van der Waals surface area contributed by atoms with E-state index in [1.54, 1.807) is 30.2 Å². The van der Waals surface area contributed by atoms with E-state index in [-0.39, 0.29) is 18.1 Å². The quantitative estimate of drug-likeness (QED) is 0.909. The molecule has 1 amide bonds. The van der Waals surface area contributed by atoms with Crippen LogP contribution in [0.3, 0.4) is 0 Å². The molecule has 1 aromatic rings. The van der Waals surface area contributed by atoms with Gasteiger partial charge >= 0.3 is 0 Å². The highest BCUT2D eigenvalue weighted by Crippen LogP contribution is 2.29. The summed E-state index contributed by atoms with van der Waals surface area (Å²) < 4.78 is 10.9. The summed E-state index contributed by atoms with van der Waals surface area (Å²) in [4.78, 5) is 14.1. The summed E-state index contributed by atoms with van der Waals surface area (Å²) in [6.45, 7) is 5.23. The molecular weight excluding hydrogens is 256 g/mol. The van der Waals surface area contributed by atoms with E-state index in [1.807, 2.05) is 13.8 Å². The Morgan fingerprint density at radius 1 is 1.40 bits per heavy atom. The van der Waals surface area contributed by atoms with Crippen LogP contribution in [0.25, 0.3) is 0 Å². The summed E-state index contributed by atoms with van der Waals surface area (Å²) in [5, 5.41) is 0. The standard InChI is InChI=1S/C15H22N2O3/c1-10(2)20-13-5-4-11(8-14(13)19-3)15(18)17-7-6-12(16)9-17/h4-5,8,10,12H,6-7,9,16H2,1-3H3/t12-/m0/s1. The number of benzene rings is 1. The van der Waals surface area contributed by atoms with Gasteiger partial charge in [0.15, 0.2) is 11.5 Å². The molecule has 0 spiro atoms. The molecule has 0 aliphatic carbocycles. The van der Waals surface area contributed by atoms with E-state index in [1.165, 1.54) is 0 Å². The van der Waals surface area contributed by atoms with Crippen LogP contribution in [0.2, 0.25) is 0 Å². The lowest BCUT2D eigenvalue weighted by atomic mass is 10.1. The molecule has 2 rings (SSSR count). The van der Waals surface area contributed by atoms with Gasteiger partial charge in [-0.15, -0.1) is 0 Å². The number of amides is 1. The molecule has 1 atom stereocenters. The summed E-state index contributed by atoms with van der Waals surface area (Å²) >= 11 is 0. The summed E-state index contributed by atoms with van der Waals surface area (Å²) in [7, 11) is 1.57. The fourth-order valence-electron chi connectivity index (χ4n) is 2.31. The second-order valence-electron chi connectivity index (χ2n) is 5.33. The van der Waals surface area contributed by atoms with Gasteiger partial charge in [-0.2, -0.15) is 0 Å². The number of nitrogens with two attached hydrogens (primary N) is 1. The molecule has 0 aromatic heterocycles. The maximum atomic E-state index is 12.4. The zero-order valence-electron chi connectivity index (χ0n) is 12.3. The predicted octanol–water partition coefficient (Wildman–Crippen LogP) is 1.66. The minimum atomic E-state index is -0.00709. The molecule has 0 bridgehead atoms. The second-order valence-corrected chi connectivity index (χ2v) is 5.33. The van der Waals surface area contributed by atoms with E-state index in [0.717, 1.165) is 6.42 Å². The van der Waals surface area contributed by atoms with Crippen molar-refractivity contribution in [3.63, 3.8) is 0 Å². The molecule has 110 valence electrons. The number of hydrogen-bond acceptors (Lipinski definition) is 4. The van der Waals surface area contributed by atoms with Crippen LogP contribution in [0.5, 0.6) is 11.5 Å². The SMILES string of the molecule is COc1cc(C(=O)N2CC[C@H](N)C2)ccc1OC(C)C. The van der Waals surface area contributed by atoms with Gasteiger partial charge in [0.25, 0.3) is 5.91 Å². The van der Waals surface area contributed by atoms with Crippen LogP contribution in [0.1, 0.15) is 30.6 Å². The molecule has 5 heteroatoms. The third-order valence-corrected chi connectivity index (χ3v) is 3.29. The maximum absolute atomic E-state index is 12.4. The van der Waals surface area contributed by atoms with E-state index >= 15 is 0 Å². The number of rotatable bonds is 4. The molecule has 1 aromatic carbocycles. The van der Waals surface area contributed by atoms with Gasteiger partial charge in [-0.25, -0.2) is 0 Å². The van der Waals surface area contributed by atoms with Crippen molar-refractivity contribution in [2.75, 3.05) is 20.2 Å². The number of hydrogen-bond donors (Lipinski definition) is 1. The van der Waals surface area contributed by atoms with E-state index in [0.29, 0.717) is 30.2 Å². The molecule has 1 aliphatic rings. The Labute approximate surface area is 119 Å². The van der Waals surface area contributed by atoms with Crippen LogP contribution in [-0.2, 0) is 0 Å². The highest BCUT2D eigenvalue weighted by atomic mass is 16.5. The van der Waals surface area contributed by atoms with Crippen molar-refractivity contribution in [1.29, 1.82) is 0 Å². The normalized spacial score (nSPS) is 18.4. The molecule has 0 unspecified atom stereocenters. The number of likely N-dealkylation sites (tertiary alicyclic amines) is 1. The topological polar surface area (TPSA) is 64.8 Å². The van der Waals surface area contributed by atoms with Crippen LogP contribution < -0.4 is 15.2 Å². The minimum Gasteiger partial charge on any atom is -0.493 e. The van der Waals surface area contributed by atoms with Gasteiger partial charge < -0.3 is 20.1 Å². The summed E-state index contributed by atoms with van der Waals surface area (Å²) in [5.74, 6) is 1.22. The first kappa shape index (κ1) is 14.7. The number of ether oxygens (including phenoxy) is 2. The van der Waals surface area contributed by atoms with Gasteiger partial charge in [0, 0.05) is 24.7 Å². The van der Waals surface area contributed by atoms with Crippen LogP contribution in [0.4, 0.5) is 0 Å². The molecule has 5 nitrogen and oxygen atoms in total. The molecule has 0 saturated carbocycles. The van der Waals surface area contributed by atoms with Crippen LogP contribution in [0, 0.1) is 0 Å². The third-order valence-electron chi connectivity index (χ3n) is 3.29. The largest absolute Gasteiger partial charge is 0.493 e. The smallest absolute Gasteiger partial charge is 0.254 e. The van der Waals surface area contributed by atoms with Crippen molar-refractivity contribution in [2.24, 2.45) is 5.73 Å².